The van der Waals surface area contributed by atoms with Crippen LogP contribution in [-0.4, -0.2) is 65.3 Å². The third-order valence-corrected chi connectivity index (χ3v) is 2.19. The molecule has 19 heavy (non-hydrogen) atoms. The molecule has 0 heterocycles. The standard InChI is InChI=1S/C10H16N2O7/c1-3-12(5-8(15)19-2)10(18)11-6(9(16)17)4-7(13)14/h6H,3-5H2,1-2H3,(H,11,18)(H,13,14)(H,16,17)/t6-/m0/s1. The molecule has 0 aromatic carbocycles. The molecule has 0 aromatic heterocycles. The number of aliphatic carboxylic acids is 2. The zero-order valence-corrected chi connectivity index (χ0v) is 10.6. The summed E-state index contributed by atoms with van der Waals surface area (Å²) < 4.78 is 4.38. The molecule has 1 atom stereocenters. The molecule has 2 amide bonds. The molecule has 0 rings (SSSR count). The Bertz CT molecular complexity index is 369. The van der Waals surface area contributed by atoms with Crippen molar-refractivity contribution in [3.8, 4) is 0 Å². The highest BCUT2D eigenvalue weighted by atomic mass is 16.5. The van der Waals surface area contributed by atoms with Gasteiger partial charge < -0.3 is 25.2 Å². The Labute approximate surface area is 109 Å². The number of carboxylic acids is 2. The van der Waals surface area contributed by atoms with Gasteiger partial charge in [0.05, 0.1) is 13.5 Å². The maximum atomic E-state index is 11.7. The number of carbonyl (C=O) groups excluding carboxylic acids is 2. The Kier molecular flexibility index (Phi) is 6.94. The van der Waals surface area contributed by atoms with Crippen LogP contribution in [0.2, 0.25) is 0 Å². The lowest BCUT2D eigenvalue weighted by atomic mass is 10.2. The van der Waals surface area contributed by atoms with Gasteiger partial charge in [-0.15, -0.1) is 0 Å². The van der Waals surface area contributed by atoms with Crippen LogP contribution in [0.25, 0.3) is 0 Å². The molecule has 0 bridgehead atoms. The van der Waals surface area contributed by atoms with E-state index in [2.05, 4.69) is 4.74 Å². The minimum atomic E-state index is -1.56. The predicted octanol–water partition coefficient (Wildman–Crippen LogP) is -0.881. The van der Waals surface area contributed by atoms with Crippen LogP contribution in [0.5, 0.6) is 0 Å². The molecule has 0 fully saturated rings. The number of carbonyl (C=O) groups is 4. The van der Waals surface area contributed by atoms with Gasteiger partial charge in [0.15, 0.2) is 0 Å². The highest BCUT2D eigenvalue weighted by molar-refractivity contribution is 5.87. The van der Waals surface area contributed by atoms with Crippen molar-refractivity contribution in [3.63, 3.8) is 0 Å². The fraction of sp³-hybridized carbons (Fsp3) is 0.600. The molecule has 0 saturated carbocycles. The maximum Gasteiger partial charge on any atom is 0.326 e. The Morgan fingerprint density at radius 2 is 1.84 bits per heavy atom. The molecule has 9 heteroatoms. The number of esters is 1. The summed E-state index contributed by atoms with van der Waals surface area (Å²) in [6, 6.07) is -2.40. The van der Waals surface area contributed by atoms with E-state index < -0.39 is 36.4 Å². The van der Waals surface area contributed by atoms with Crippen molar-refractivity contribution in [1.82, 2.24) is 10.2 Å². The maximum absolute atomic E-state index is 11.7. The van der Waals surface area contributed by atoms with E-state index in [0.717, 1.165) is 12.0 Å². The van der Waals surface area contributed by atoms with Crippen molar-refractivity contribution in [2.24, 2.45) is 0 Å². The summed E-state index contributed by atoms with van der Waals surface area (Å²) in [4.78, 5) is 44.9. The van der Waals surface area contributed by atoms with Crippen LogP contribution in [0.15, 0.2) is 0 Å². The van der Waals surface area contributed by atoms with Crippen molar-refractivity contribution in [1.29, 1.82) is 0 Å². The van der Waals surface area contributed by atoms with E-state index in [9.17, 15) is 19.2 Å². The van der Waals surface area contributed by atoms with Crippen LogP contribution in [0.1, 0.15) is 13.3 Å². The van der Waals surface area contributed by atoms with Gasteiger partial charge in [0, 0.05) is 6.54 Å². The van der Waals surface area contributed by atoms with Crippen LogP contribution in [0.4, 0.5) is 4.79 Å². The van der Waals surface area contributed by atoms with E-state index in [1.165, 1.54) is 0 Å². The monoisotopic (exact) mass is 276 g/mol. The Morgan fingerprint density at radius 3 is 2.21 bits per heavy atom. The van der Waals surface area contributed by atoms with Crippen LogP contribution < -0.4 is 5.32 Å². The first-order chi connectivity index (χ1) is 8.81. The fourth-order valence-electron chi connectivity index (χ4n) is 1.16. The summed E-state index contributed by atoms with van der Waals surface area (Å²) in [6.45, 7) is 1.37. The summed E-state index contributed by atoms with van der Waals surface area (Å²) in [7, 11) is 1.15. The fourth-order valence-corrected chi connectivity index (χ4v) is 1.16. The largest absolute Gasteiger partial charge is 0.481 e. The van der Waals surface area contributed by atoms with Gasteiger partial charge in [0.2, 0.25) is 0 Å². The first-order valence-corrected chi connectivity index (χ1v) is 5.38. The molecule has 0 radical (unpaired) electrons. The summed E-state index contributed by atoms with van der Waals surface area (Å²) >= 11 is 0. The number of carboxylic acid groups (broad SMARTS) is 2. The molecular formula is C10H16N2O7. The van der Waals surface area contributed by atoms with Crippen molar-refractivity contribution in [2.75, 3.05) is 20.2 Å². The van der Waals surface area contributed by atoms with Crippen LogP contribution in [0.3, 0.4) is 0 Å². The van der Waals surface area contributed by atoms with Crippen molar-refractivity contribution in [2.45, 2.75) is 19.4 Å². The number of ether oxygens (including phenoxy) is 1. The number of methoxy groups -OCH3 is 1. The zero-order chi connectivity index (χ0) is 15.0. The van der Waals surface area contributed by atoms with Gasteiger partial charge >= 0.3 is 23.9 Å². The summed E-state index contributed by atoms with van der Waals surface area (Å²) in [6.07, 6.45) is -0.753. The normalized spacial score (nSPS) is 11.3. The molecule has 0 aliphatic rings. The smallest absolute Gasteiger partial charge is 0.326 e. The van der Waals surface area contributed by atoms with E-state index in [4.69, 9.17) is 10.2 Å². The molecule has 0 spiro atoms. The van der Waals surface area contributed by atoms with Gasteiger partial charge in [-0.2, -0.15) is 0 Å². The van der Waals surface area contributed by atoms with E-state index in [0.29, 0.717) is 0 Å². The summed E-state index contributed by atoms with van der Waals surface area (Å²) in [5.74, 6) is -3.49. The van der Waals surface area contributed by atoms with Crippen molar-refractivity contribution in [3.05, 3.63) is 0 Å². The van der Waals surface area contributed by atoms with Gasteiger partial charge in [-0.05, 0) is 6.92 Å². The second-order valence-electron chi connectivity index (χ2n) is 3.53. The molecule has 0 saturated heterocycles. The number of rotatable bonds is 7. The Hall–Kier alpha value is -2.32. The summed E-state index contributed by atoms with van der Waals surface area (Å²) in [5, 5.41) is 19.3. The second-order valence-corrected chi connectivity index (χ2v) is 3.53. The minimum absolute atomic E-state index is 0.139. The lowest BCUT2D eigenvalue weighted by molar-refractivity contribution is -0.145. The molecule has 108 valence electrons. The van der Waals surface area contributed by atoms with Gasteiger partial charge in [-0.3, -0.25) is 9.59 Å². The van der Waals surface area contributed by atoms with Gasteiger partial charge in [0.25, 0.3) is 0 Å². The molecule has 0 aliphatic carbocycles. The number of urea groups is 1. The highest BCUT2D eigenvalue weighted by Crippen LogP contribution is 1.97. The number of hydrogen-bond acceptors (Lipinski definition) is 5. The first kappa shape index (κ1) is 16.7. The van der Waals surface area contributed by atoms with E-state index >= 15 is 0 Å². The Balaban J connectivity index is 4.63. The van der Waals surface area contributed by atoms with E-state index in [1.54, 1.807) is 6.92 Å². The molecular weight excluding hydrogens is 260 g/mol. The van der Waals surface area contributed by atoms with Gasteiger partial charge in [0.1, 0.15) is 12.6 Å². The number of nitrogens with zero attached hydrogens (tertiary/aromatic N) is 1. The van der Waals surface area contributed by atoms with Gasteiger partial charge in [-0.1, -0.05) is 0 Å². The predicted molar refractivity (Wildman–Crippen MR) is 61.5 cm³/mol. The quantitative estimate of drug-likeness (QED) is 0.514. The lowest BCUT2D eigenvalue weighted by Gasteiger charge is -2.22. The van der Waals surface area contributed by atoms with Crippen molar-refractivity contribution < 1.29 is 34.1 Å². The van der Waals surface area contributed by atoms with Crippen molar-refractivity contribution >= 4 is 23.9 Å². The summed E-state index contributed by atoms with van der Waals surface area (Å²) in [5.41, 5.74) is 0. The number of nitrogens with one attached hydrogen (secondary N) is 1. The highest BCUT2D eigenvalue weighted by Gasteiger charge is 2.25. The number of likely N-dealkylation sites (N-methyl/N-ethyl adjacent to an activating group) is 1. The Morgan fingerprint density at radius 1 is 1.26 bits per heavy atom. The third-order valence-electron chi connectivity index (χ3n) is 2.19. The molecule has 0 aliphatic heterocycles. The van der Waals surface area contributed by atoms with E-state index in [-0.39, 0.29) is 13.1 Å². The van der Waals surface area contributed by atoms with Gasteiger partial charge in [-0.25, -0.2) is 9.59 Å². The minimum Gasteiger partial charge on any atom is -0.481 e. The molecule has 3 N–H and O–H groups in total. The topological polar surface area (TPSA) is 133 Å². The SMILES string of the molecule is CCN(CC(=O)OC)C(=O)N[C@@H](CC(=O)O)C(=O)O. The average Bonchev–Trinajstić information content (AvgIpc) is 2.33. The number of amides is 2. The van der Waals surface area contributed by atoms with Crippen LogP contribution in [0, 0.1) is 0 Å². The van der Waals surface area contributed by atoms with Crippen LogP contribution in [-0.2, 0) is 19.1 Å². The molecule has 0 aromatic rings. The average molecular weight is 276 g/mol. The zero-order valence-electron chi connectivity index (χ0n) is 10.6. The lowest BCUT2D eigenvalue weighted by Crippen LogP contribution is -2.50. The van der Waals surface area contributed by atoms with E-state index in [1.807, 2.05) is 5.32 Å². The molecule has 0 unspecified atom stereocenters. The first-order valence-electron chi connectivity index (χ1n) is 5.38. The second kappa shape index (κ2) is 7.90. The molecule has 9 nitrogen and oxygen atoms in total. The van der Waals surface area contributed by atoms with Crippen LogP contribution >= 0.6 is 0 Å². The third kappa shape index (κ3) is 6.24. The number of hydrogen-bond donors (Lipinski definition) is 3.